The molecule has 52 valence electrons. The summed E-state index contributed by atoms with van der Waals surface area (Å²) in [5.74, 6) is 0. The van der Waals surface area contributed by atoms with Crippen LogP contribution in [0.25, 0.3) is 0 Å². The Balaban J connectivity index is 0. The van der Waals surface area contributed by atoms with Crippen molar-refractivity contribution in [3.63, 3.8) is 0 Å². The second kappa shape index (κ2) is 6.88. The summed E-state index contributed by atoms with van der Waals surface area (Å²) in [5.41, 5.74) is 10.5. The molecule has 3 nitrogen and oxygen atoms in total. The summed E-state index contributed by atoms with van der Waals surface area (Å²) in [7, 11) is 1.61. The third kappa shape index (κ3) is 5.88. The predicted octanol–water partition coefficient (Wildman–Crippen LogP) is -0.445. The van der Waals surface area contributed by atoms with Crippen LogP contribution < -0.4 is 11.5 Å². The molecule has 0 radical (unpaired) electrons. The quantitative estimate of drug-likeness (QED) is 0.530. The van der Waals surface area contributed by atoms with Gasteiger partial charge in [0.25, 0.3) is 0 Å². The van der Waals surface area contributed by atoms with Crippen LogP contribution in [0.1, 0.15) is 7.43 Å². The Morgan fingerprint density at radius 1 is 1.62 bits per heavy atom. The summed E-state index contributed by atoms with van der Waals surface area (Å²) < 4.78 is 4.69. The topological polar surface area (TPSA) is 61.3 Å². The molecule has 0 amide bonds. The third-order valence-corrected chi connectivity index (χ3v) is 0.683. The lowest BCUT2D eigenvalue weighted by Crippen LogP contribution is -2.33. The highest BCUT2D eigenvalue weighted by molar-refractivity contribution is 4.57. The first-order valence-corrected chi connectivity index (χ1v) is 2.26. The number of rotatable bonds is 3. The summed E-state index contributed by atoms with van der Waals surface area (Å²) >= 11 is 0. The number of methoxy groups -OCH3 is 1. The number of hydrogen-bond donors (Lipinski definition) is 2. The minimum Gasteiger partial charge on any atom is -0.383 e. The Labute approximate surface area is 51.0 Å². The van der Waals surface area contributed by atoms with Gasteiger partial charge in [-0.3, -0.25) is 0 Å². The summed E-state index contributed by atoms with van der Waals surface area (Å²) in [6.45, 7) is 1.05. The Bertz CT molecular complexity index is 41.4. The molecule has 0 aliphatic rings. The SMILES string of the molecule is C.COCC(N)CN. The fourth-order valence-corrected chi connectivity index (χ4v) is 0.282. The molecule has 0 heterocycles. The fraction of sp³-hybridized carbons (Fsp3) is 1.00. The largest absolute Gasteiger partial charge is 0.383 e. The maximum atomic E-state index is 5.33. The first kappa shape index (κ1) is 10.8. The molecular weight excluding hydrogens is 104 g/mol. The minimum atomic E-state index is 0. The molecule has 0 saturated heterocycles. The van der Waals surface area contributed by atoms with Crippen molar-refractivity contribution >= 4 is 0 Å². The van der Waals surface area contributed by atoms with Crippen molar-refractivity contribution in [3.05, 3.63) is 0 Å². The van der Waals surface area contributed by atoms with Gasteiger partial charge in [0.1, 0.15) is 0 Å². The van der Waals surface area contributed by atoms with Crippen molar-refractivity contribution < 1.29 is 4.74 Å². The van der Waals surface area contributed by atoms with E-state index < -0.39 is 0 Å². The van der Waals surface area contributed by atoms with E-state index in [-0.39, 0.29) is 13.5 Å². The van der Waals surface area contributed by atoms with E-state index >= 15 is 0 Å². The van der Waals surface area contributed by atoms with Gasteiger partial charge in [-0.1, -0.05) is 7.43 Å². The Morgan fingerprint density at radius 3 is 2.25 bits per heavy atom. The van der Waals surface area contributed by atoms with Crippen LogP contribution in [-0.2, 0) is 4.74 Å². The molecular formula is C5H16N2O. The second-order valence-corrected chi connectivity index (χ2v) is 1.45. The van der Waals surface area contributed by atoms with E-state index in [0.717, 1.165) is 0 Å². The minimum absolute atomic E-state index is 0. The van der Waals surface area contributed by atoms with Gasteiger partial charge < -0.3 is 16.2 Å². The summed E-state index contributed by atoms with van der Waals surface area (Å²) in [6.07, 6.45) is 0. The lowest BCUT2D eigenvalue weighted by Gasteiger charge is -2.03. The zero-order valence-corrected chi connectivity index (χ0v) is 4.55. The number of ether oxygens (including phenoxy) is 1. The standard InChI is InChI=1S/C4H12N2O.CH4/c1-7-3-4(6)2-5;/h4H,2-3,5-6H2,1H3;1H4. The van der Waals surface area contributed by atoms with Crippen molar-refractivity contribution in [1.82, 2.24) is 0 Å². The molecule has 0 aliphatic carbocycles. The van der Waals surface area contributed by atoms with E-state index in [0.29, 0.717) is 13.2 Å². The van der Waals surface area contributed by atoms with Gasteiger partial charge in [-0.25, -0.2) is 0 Å². The highest BCUT2D eigenvalue weighted by atomic mass is 16.5. The van der Waals surface area contributed by atoms with Gasteiger partial charge in [-0.05, 0) is 0 Å². The number of hydrogen-bond acceptors (Lipinski definition) is 3. The molecule has 1 atom stereocenters. The van der Waals surface area contributed by atoms with Crippen LogP contribution in [0.3, 0.4) is 0 Å². The van der Waals surface area contributed by atoms with E-state index in [1.165, 1.54) is 0 Å². The first-order valence-electron chi connectivity index (χ1n) is 2.26. The van der Waals surface area contributed by atoms with E-state index in [1.54, 1.807) is 7.11 Å². The average Bonchev–Trinajstić information content (AvgIpc) is 1.68. The Hall–Kier alpha value is -0.120. The zero-order valence-electron chi connectivity index (χ0n) is 4.55. The normalized spacial score (nSPS) is 12.4. The van der Waals surface area contributed by atoms with E-state index in [1.807, 2.05) is 0 Å². The molecule has 0 aromatic heterocycles. The van der Waals surface area contributed by atoms with Gasteiger partial charge in [0, 0.05) is 19.7 Å². The van der Waals surface area contributed by atoms with Gasteiger partial charge in [0.2, 0.25) is 0 Å². The van der Waals surface area contributed by atoms with Crippen molar-refractivity contribution in [1.29, 1.82) is 0 Å². The molecule has 0 spiro atoms. The smallest absolute Gasteiger partial charge is 0.0626 e. The average molecular weight is 120 g/mol. The van der Waals surface area contributed by atoms with Gasteiger partial charge in [-0.15, -0.1) is 0 Å². The molecule has 0 fully saturated rings. The van der Waals surface area contributed by atoms with Crippen LogP contribution in [0.15, 0.2) is 0 Å². The molecule has 4 N–H and O–H groups in total. The van der Waals surface area contributed by atoms with Crippen LogP contribution in [-0.4, -0.2) is 26.3 Å². The molecule has 0 saturated carbocycles. The van der Waals surface area contributed by atoms with Crippen LogP contribution in [0.2, 0.25) is 0 Å². The molecule has 0 aromatic carbocycles. The third-order valence-electron chi connectivity index (χ3n) is 0.683. The second-order valence-electron chi connectivity index (χ2n) is 1.45. The van der Waals surface area contributed by atoms with Gasteiger partial charge in [0.15, 0.2) is 0 Å². The van der Waals surface area contributed by atoms with E-state index in [2.05, 4.69) is 4.74 Å². The van der Waals surface area contributed by atoms with Crippen LogP contribution >= 0.6 is 0 Å². The van der Waals surface area contributed by atoms with Crippen molar-refractivity contribution in [2.75, 3.05) is 20.3 Å². The molecule has 1 unspecified atom stereocenters. The van der Waals surface area contributed by atoms with Crippen LogP contribution in [0, 0.1) is 0 Å². The van der Waals surface area contributed by atoms with Gasteiger partial charge in [-0.2, -0.15) is 0 Å². The number of nitrogens with two attached hydrogens (primary N) is 2. The molecule has 8 heavy (non-hydrogen) atoms. The summed E-state index contributed by atoms with van der Waals surface area (Å²) in [6, 6.07) is 0.00463. The van der Waals surface area contributed by atoms with Crippen molar-refractivity contribution in [3.8, 4) is 0 Å². The lowest BCUT2D eigenvalue weighted by molar-refractivity contribution is 0.182. The predicted molar refractivity (Wildman–Crippen MR) is 35.6 cm³/mol. The highest BCUT2D eigenvalue weighted by Crippen LogP contribution is 1.71. The van der Waals surface area contributed by atoms with E-state index in [4.69, 9.17) is 11.5 Å². The van der Waals surface area contributed by atoms with Crippen LogP contribution in [0.4, 0.5) is 0 Å². The van der Waals surface area contributed by atoms with Crippen molar-refractivity contribution in [2.45, 2.75) is 13.5 Å². The first-order chi connectivity index (χ1) is 3.31. The molecule has 0 aliphatic heterocycles. The Kier molecular flexibility index (Phi) is 9.28. The fourth-order valence-electron chi connectivity index (χ4n) is 0.282. The van der Waals surface area contributed by atoms with Gasteiger partial charge >= 0.3 is 0 Å². The monoisotopic (exact) mass is 120 g/mol. The lowest BCUT2D eigenvalue weighted by atomic mass is 10.3. The molecule has 0 aromatic rings. The van der Waals surface area contributed by atoms with E-state index in [9.17, 15) is 0 Å². The zero-order chi connectivity index (χ0) is 5.70. The molecule has 0 bridgehead atoms. The summed E-state index contributed by atoms with van der Waals surface area (Å²) in [5, 5.41) is 0. The highest BCUT2D eigenvalue weighted by Gasteiger charge is 1.93. The maximum Gasteiger partial charge on any atom is 0.0626 e. The van der Waals surface area contributed by atoms with Crippen LogP contribution in [0.5, 0.6) is 0 Å². The Morgan fingerprint density at radius 2 is 2.12 bits per heavy atom. The van der Waals surface area contributed by atoms with Gasteiger partial charge in [0.05, 0.1) is 6.61 Å². The summed E-state index contributed by atoms with van der Waals surface area (Å²) in [4.78, 5) is 0. The molecule has 0 rings (SSSR count). The molecule has 3 heteroatoms. The maximum absolute atomic E-state index is 5.33. The van der Waals surface area contributed by atoms with Crippen molar-refractivity contribution in [2.24, 2.45) is 11.5 Å².